The molecule has 0 aliphatic carbocycles. The predicted octanol–water partition coefficient (Wildman–Crippen LogP) is 1.47. The van der Waals surface area contributed by atoms with Crippen LogP contribution in [0.2, 0.25) is 0 Å². The summed E-state index contributed by atoms with van der Waals surface area (Å²) in [7, 11) is 0. The van der Waals surface area contributed by atoms with Gasteiger partial charge in [-0.2, -0.15) is 5.10 Å². The Labute approximate surface area is 163 Å². The molecule has 2 aliphatic heterocycles. The fraction of sp³-hybridized carbons (Fsp3) is 0.167. The van der Waals surface area contributed by atoms with Crippen LogP contribution in [-0.2, 0) is 11.2 Å². The van der Waals surface area contributed by atoms with Gasteiger partial charge in [0.15, 0.2) is 17.5 Å². The number of carboxylic acids is 1. The average Bonchev–Trinajstić information content (AvgIpc) is 3.06. The molecule has 2 heterocycles. The molecule has 1 unspecified atom stereocenters. The SMILES string of the molecule is NC(=O)N1N=C(c2ccc([N+](=O)[O-])cc2)c2cc3c(cc2CC1C(=O)O)OCO3. The maximum atomic E-state index is 11.9. The minimum absolute atomic E-state index is 0.0258. The second kappa shape index (κ2) is 6.78. The fourth-order valence-electron chi connectivity index (χ4n) is 3.25. The molecule has 0 aromatic heterocycles. The van der Waals surface area contributed by atoms with Gasteiger partial charge in [-0.15, -0.1) is 0 Å². The number of hydrogen-bond donors (Lipinski definition) is 2. The number of nitrogens with zero attached hydrogens (tertiary/aromatic N) is 3. The third-order valence-electron chi connectivity index (χ3n) is 4.63. The molecule has 0 spiro atoms. The lowest BCUT2D eigenvalue weighted by molar-refractivity contribution is -0.384. The quantitative estimate of drug-likeness (QED) is 0.585. The van der Waals surface area contributed by atoms with Crippen molar-refractivity contribution < 1.29 is 29.1 Å². The molecule has 0 saturated carbocycles. The number of fused-ring (bicyclic) bond motifs is 2. The van der Waals surface area contributed by atoms with Crippen LogP contribution in [0.5, 0.6) is 11.5 Å². The molecule has 11 nitrogen and oxygen atoms in total. The first-order valence-electron chi connectivity index (χ1n) is 8.43. The average molecular weight is 398 g/mol. The summed E-state index contributed by atoms with van der Waals surface area (Å²) in [5.74, 6) is -0.387. The van der Waals surface area contributed by atoms with Crippen LogP contribution in [0.15, 0.2) is 41.5 Å². The van der Waals surface area contributed by atoms with E-state index >= 15 is 0 Å². The Morgan fingerprint density at radius 2 is 1.86 bits per heavy atom. The van der Waals surface area contributed by atoms with E-state index in [1.165, 1.54) is 24.3 Å². The number of hydrazone groups is 1. The largest absolute Gasteiger partial charge is 0.480 e. The molecule has 2 amide bonds. The third-order valence-corrected chi connectivity index (χ3v) is 4.63. The summed E-state index contributed by atoms with van der Waals surface area (Å²) in [4.78, 5) is 34.1. The highest BCUT2D eigenvalue weighted by Gasteiger charge is 2.35. The summed E-state index contributed by atoms with van der Waals surface area (Å²) in [6, 6.07) is 6.42. The summed E-state index contributed by atoms with van der Waals surface area (Å²) in [6.07, 6.45) is -0.0652. The van der Waals surface area contributed by atoms with E-state index in [1.54, 1.807) is 12.1 Å². The van der Waals surface area contributed by atoms with Gasteiger partial charge in [0.2, 0.25) is 6.79 Å². The van der Waals surface area contributed by atoms with Gasteiger partial charge in [-0.3, -0.25) is 10.1 Å². The van der Waals surface area contributed by atoms with Crippen LogP contribution < -0.4 is 15.2 Å². The minimum Gasteiger partial charge on any atom is -0.480 e. The predicted molar refractivity (Wildman–Crippen MR) is 97.9 cm³/mol. The standard InChI is InChI=1S/C18H14N4O7/c19-18(25)21-13(17(23)24)5-10-6-14-15(29-8-28-14)7-12(10)16(20-21)9-1-3-11(4-2-9)22(26)27/h1-4,6-7,13H,5,8H2,(H2,19,25)(H,23,24). The smallest absolute Gasteiger partial charge is 0.336 e. The molecule has 2 aromatic carbocycles. The Balaban J connectivity index is 1.92. The van der Waals surface area contributed by atoms with Gasteiger partial charge >= 0.3 is 12.0 Å². The van der Waals surface area contributed by atoms with Gasteiger partial charge < -0.3 is 20.3 Å². The van der Waals surface area contributed by atoms with Crippen molar-refractivity contribution in [1.82, 2.24) is 5.01 Å². The maximum absolute atomic E-state index is 11.9. The molecule has 29 heavy (non-hydrogen) atoms. The Morgan fingerprint density at radius 1 is 1.21 bits per heavy atom. The van der Waals surface area contributed by atoms with Crippen molar-refractivity contribution in [3.05, 3.63) is 63.2 Å². The summed E-state index contributed by atoms with van der Waals surface area (Å²) in [5, 5.41) is 25.5. The van der Waals surface area contributed by atoms with Crippen molar-refractivity contribution in [3.8, 4) is 11.5 Å². The molecule has 148 valence electrons. The molecule has 3 N–H and O–H groups in total. The number of urea groups is 1. The zero-order chi connectivity index (χ0) is 20.7. The van der Waals surface area contributed by atoms with Gasteiger partial charge in [-0.05, 0) is 29.8 Å². The zero-order valence-electron chi connectivity index (χ0n) is 14.8. The Hall–Kier alpha value is -4.15. The number of hydrogen-bond acceptors (Lipinski definition) is 7. The van der Waals surface area contributed by atoms with Gasteiger partial charge in [0.1, 0.15) is 0 Å². The van der Waals surface area contributed by atoms with E-state index in [2.05, 4.69) is 5.10 Å². The van der Waals surface area contributed by atoms with Crippen molar-refractivity contribution >= 4 is 23.4 Å². The van der Waals surface area contributed by atoms with E-state index in [1.807, 2.05) is 0 Å². The van der Waals surface area contributed by atoms with Gasteiger partial charge in [0, 0.05) is 29.7 Å². The van der Waals surface area contributed by atoms with E-state index in [-0.39, 0.29) is 24.6 Å². The first kappa shape index (κ1) is 18.2. The second-order valence-corrected chi connectivity index (χ2v) is 6.36. The number of carbonyl (C=O) groups is 2. The minimum atomic E-state index is -1.33. The Kier molecular flexibility index (Phi) is 4.26. The molecule has 2 aliphatic rings. The van der Waals surface area contributed by atoms with Crippen LogP contribution in [0.4, 0.5) is 10.5 Å². The molecule has 0 saturated heterocycles. The first-order chi connectivity index (χ1) is 13.8. The van der Waals surface area contributed by atoms with Gasteiger partial charge in [0.05, 0.1) is 10.6 Å². The van der Waals surface area contributed by atoms with Crippen molar-refractivity contribution in [2.75, 3.05) is 6.79 Å². The second-order valence-electron chi connectivity index (χ2n) is 6.36. The van der Waals surface area contributed by atoms with Gasteiger partial charge in [-0.1, -0.05) is 0 Å². The van der Waals surface area contributed by atoms with Crippen LogP contribution in [-0.4, -0.2) is 45.6 Å². The molecule has 0 bridgehead atoms. The lowest BCUT2D eigenvalue weighted by atomic mass is 9.93. The monoisotopic (exact) mass is 398 g/mol. The molecule has 1 atom stereocenters. The number of nitrogens with two attached hydrogens (primary N) is 1. The van der Waals surface area contributed by atoms with Crippen LogP contribution in [0.25, 0.3) is 0 Å². The number of rotatable bonds is 3. The number of nitro benzene ring substituents is 1. The van der Waals surface area contributed by atoms with Crippen LogP contribution >= 0.6 is 0 Å². The third kappa shape index (κ3) is 3.18. The first-order valence-corrected chi connectivity index (χ1v) is 8.43. The highest BCUT2D eigenvalue weighted by Crippen LogP contribution is 2.37. The van der Waals surface area contributed by atoms with E-state index in [0.717, 1.165) is 0 Å². The molecule has 0 fully saturated rings. The lowest BCUT2D eigenvalue weighted by Crippen LogP contribution is -2.45. The molecule has 4 rings (SSSR count). The number of aliphatic carboxylic acids is 1. The number of primary amides is 1. The van der Waals surface area contributed by atoms with Gasteiger partial charge in [-0.25, -0.2) is 14.6 Å². The number of non-ortho nitro benzene ring substituents is 1. The van der Waals surface area contributed by atoms with Crippen molar-refractivity contribution in [1.29, 1.82) is 0 Å². The topological polar surface area (TPSA) is 158 Å². The van der Waals surface area contributed by atoms with E-state index in [0.29, 0.717) is 33.2 Å². The number of amides is 2. The van der Waals surface area contributed by atoms with Gasteiger partial charge in [0.25, 0.3) is 5.69 Å². The Morgan fingerprint density at radius 3 is 2.45 bits per heavy atom. The number of nitro groups is 1. The highest BCUT2D eigenvalue weighted by atomic mass is 16.7. The number of carbonyl (C=O) groups excluding carboxylic acids is 1. The van der Waals surface area contributed by atoms with Crippen molar-refractivity contribution in [2.45, 2.75) is 12.5 Å². The summed E-state index contributed by atoms with van der Waals surface area (Å²) in [5.41, 5.74) is 7.00. The number of carboxylic acid groups (broad SMARTS) is 1. The van der Waals surface area contributed by atoms with E-state index < -0.39 is 23.0 Å². The summed E-state index contributed by atoms with van der Waals surface area (Å²) in [6.45, 7) is 0.0258. The maximum Gasteiger partial charge on any atom is 0.336 e. The molecule has 11 heteroatoms. The molecular formula is C18H14N4O7. The lowest BCUT2D eigenvalue weighted by Gasteiger charge is -2.20. The Bertz CT molecular complexity index is 1060. The highest BCUT2D eigenvalue weighted by molar-refractivity contribution is 6.15. The van der Waals surface area contributed by atoms with E-state index in [4.69, 9.17) is 15.2 Å². The summed E-state index contributed by atoms with van der Waals surface area (Å²) >= 11 is 0. The summed E-state index contributed by atoms with van der Waals surface area (Å²) < 4.78 is 10.8. The van der Waals surface area contributed by atoms with E-state index in [9.17, 15) is 24.8 Å². The zero-order valence-corrected chi connectivity index (χ0v) is 14.8. The molecular weight excluding hydrogens is 384 g/mol. The van der Waals surface area contributed by atoms with Crippen molar-refractivity contribution in [2.24, 2.45) is 10.8 Å². The molecule has 0 radical (unpaired) electrons. The number of benzene rings is 2. The van der Waals surface area contributed by atoms with Crippen LogP contribution in [0.3, 0.4) is 0 Å². The number of ether oxygens (including phenoxy) is 2. The molecule has 2 aromatic rings. The van der Waals surface area contributed by atoms with Crippen molar-refractivity contribution in [3.63, 3.8) is 0 Å². The fourth-order valence-corrected chi connectivity index (χ4v) is 3.25. The normalized spacial score (nSPS) is 17.2. The van der Waals surface area contributed by atoms with Crippen LogP contribution in [0, 0.1) is 10.1 Å². The van der Waals surface area contributed by atoms with Crippen LogP contribution in [0.1, 0.15) is 16.7 Å².